The maximum atomic E-state index is 13.4. The molecule has 12 heteroatoms. The first kappa shape index (κ1) is 23.2. The Morgan fingerprint density at radius 1 is 1.03 bits per heavy atom. The van der Waals surface area contributed by atoms with Gasteiger partial charge >= 0.3 is 6.18 Å². The van der Waals surface area contributed by atoms with E-state index >= 15 is 0 Å². The molecule has 190 valence electrons. The highest BCUT2D eigenvalue weighted by Gasteiger charge is 2.39. The molecule has 8 nitrogen and oxygen atoms in total. The normalized spacial score (nSPS) is 19.5. The van der Waals surface area contributed by atoms with Crippen molar-refractivity contribution in [3.63, 3.8) is 0 Å². The first-order valence-corrected chi connectivity index (χ1v) is 11.8. The Labute approximate surface area is 208 Å². The van der Waals surface area contributed by atoms with Gasteiger partial charge in [0.2, 0.25) is 5.95 Å². The van der Waals surface area contributed by atoms with E-state index in [0.717, 1.165) is 25.3 Å². The molecule has 0 radical (unpaired) electrons. The van der Waals surface area contributed by atoms with Crippen LogP contribution in [0.5, 0.6) is 0 Å². The van der Waals surface area contributed by atoms with E-state index in [1.807, 2.05) is 0 Å². The summed E-state index contributed by atoms with van der Waals surface area (Å²) in [6, 6.07) is 9.96. The van der Waals surface area contributed by atoms with Gasteiger partial charge in [-0.1, -0.05) is 6.07 Å². The maximum Gasteiger partial charge on any atom is 0.416 e. The van der Waals surface area contributed by atoms with Crippen molar-refractivity contribution in [1.29, 1.82) is 0 Å². The molecule has 0 bridgehead atoms. The third kappa shape index (κ3) is 4.43. The first-order chi connectivity index (χ1) is 17.7. The van der Waals surface area contributed by atoms with Crippen molar-refractivity contribution in [2.24, 2.45) is 0 Å². The predicted molar refractivity (Wildman–Crippen MR) is 128 cm³/mol. The number of aromatic nitrogens is 4. The van der Waals surface area contributed by atoms with Crippen molar-refractivity contribution in [2.45, 2.75) is 44.1 Å². The van der Waals surface area contributed by atoms with Crippen molar-refractivity contribution in [3.8, 4) is 0 Å². The first-order valence-electron chi connectivity index (χ1n) is 11.8. The summed E-state index contributed by atoms with van der Waals surface area (Å²) in [7, 11) is 0. The van der Waals surface area contributed by atoms with Crippen LogP contribution in [-0.4, -0.2) is 37.6 Å². The fourth-order valence-electron chi connectivity index (χ4n) is 4.99. The topological polar surface area (TPSA) is 87.5 Å². The third-order valence-corrected chi connectivity index (χ3v) is 6.75. The SMILES string of the molecule is O=C1c2cccc(C(F)(F)F)c2CN1c1ccc(N[C@H]2CC[C@H](Nc3nc4cc(F)ccn4n3)C2)nc1. The molecule has 1 aliphatic carbocycles. The van der Waals surface area contributed by atoms with Gasteiger partial charge in [0.25, 0.3) is 5.91 Å². The number of fused-ring (bicyclic) bond motifs is 2. The van der Waals surface area contributed by atoms with Gasteiger partial charge in [-0.05, 0) is 55.2 Å². The van der Waals surface area contributed by atoms with Gasteiger partial charge in [0.05, 0.1) is 24.0 Å². The number of alkyl halides is 3. The van der Waals surface area contributed by atoms with E-state index in [1.54, 1.807) is 12.1 Å². The summed E-state index contributed by atoms with van der Waals surface area (Å²) in [6.07, 6.45) is 1.02. The minimum atomic E-state index is -4.53. The number of rotatable bonds is 5. The average molecular weight is 511 g/mol. The molecule has 1 fully saturated rings. The monoisotopic (exact) mass is 511 g/mol. The van der Waals surface area contributed by atoms with E-state index in [1.165, 1.54) is 46.1 Å². The maximum absolute atomic E-state index is 13.4. The third-order valence-electron chi connectivity index (χ3n) is 6.75. The Balaban J connectivity index is 1.08. The van der Waals surface area contributed by atoms with Crippen molar-refractivity contribution in [1.82, 2.24) is 19.6 Å². The van der Waals surface area contributed by atoms with Gasteiger partial charge in [-0.2, -0.15) is 18.2 Å². The number of pyridine rings is 2. The van der Waals surface area contributed by atoms with Crippen LogP contribution in [0.25, 0.3) is 5.65 Å². The molecule has 2 N–H and O–H groups in total. The number of benzene rings is 1. The Hall–Kier alpha value is -4.22. The lowest BCUT2D eigenvalue weighted by atomic mass is 10.0. The molecule has 3 aromatic heterocycles. The number of hydrogen-bond donors (Lipinski definition) is 2. The van der Waals surface area contributed by atoms with E-state index < -0.39 is 17.6 Å². The highest BCUT2D eigenvalue weighted by Crippen LogP contribution is 2.38. The van der Waals surface area contributed by atoms with Crippen LogP contribution in [0.3, 0.4) is 0 Å². The average Bonchev–Trinajstić information content (AvgIpc) is 3.56. The largest absolute Gasteiger partial charge is 0.416 e. The van der Waals surface area contributed by atoms with Crippen LogP contribution in [0, 0.1) is 5.82 Å². The summed E-state index contributed by atoms with van der Waals surface area (Å²) < 4.78 is 55.0. The predicted octanol–water partition coefficient (Wildman–Crippen LogP) is 4.89. The Morgan fingerprint density at radius 2 is 1.84 bits per heavy atom. The van der Waals surface area contributed by atoms with E-state index in [0.29, 0.717) is 23.1 Å². The van der Waals surface area contributed by atoms with Crippen molar-refractivity contribution in [2.75, 3.05) is 15.5 Å². The van der Waals surface area contributed by atoms with E-state index in [-0.39, 0.29) is 35.6 Å². The number of hydrogen-bond acceptors (Lipinski definition) is 6. The van der Waals surface area contributed by atoms with Crippen LogP contribution in [0.4, 0.5) is 35.0 Å². The molecular weight excluding hydrogens is 490 g/mol. The van der Waals surface area contributed by atoms with E-state index in [2.05, 4.69) is 25.7 Å². The molecule has 37 heavy (non-hydrogen) atoms. The molecule has 2 aliphatic rings. The molecule has 1 amide bonds. The fraction of sp³-hybridized carbons (Fsp3) is 0.280. The molecule has 0 saturated heterocycles. The lowest BCUT2D eigenvalue weighted by molar-refractivity contribution is -0.138. The van der Waals surface area contributed by atoms with Gasteiger partial charge in [0.1, 0.15) is 11.6 Å². The lowest BCUT2D eigenvalue weighted by Crippen LogP contribution is -2.24. The van der Waals surface area contributed by atoms with Gasteiger partial charge < -0.3 is 15.5 Å². The molecular formula is C25H21F4N7O. The van der Waals surface area contributed by atoms with Gasteiger partial charge in [-0.3, -0.25) is 4.79 Å². The minimum Gasteiger partial charge on any atom is -0.367 e. The van der Waals surface area contributed by atoms with E-state index in [9.17, 15) is 22.4 Å². The smallest absolute Gasteiger partial charge is 0.367 e. The minimum absolute atomic E-state index is 0.0167. The summed E-state index contributed by atoms with van der Waals surface area (Å²) in [5, 5.41) is 11.0. The number of carbonyl (C=O) groups is 1. The van der Waals surface area contributed by atoms with Gasteiger partial charge in [0, 0.05) is 29.9 Å². The molecule has 1 saturated carbocycles. The summed E-state index contributed by atoms with van der Waals surface area (Å²) >= 11 is 0. The zero-order chi connectivity index (χ0) is 25.7. The second-order valence-corrected chi connectivity index (χ2v) is 9.20. The van der Waals surface area contributed by atoms with Gasteiger partial charge in [0.15, 0.2) is 5.65 Å². The van der Waals surface area contributed by atoms with Crippen LogP contribution >= 0.6 is 0 Å². The second-order valence-electron chi connectivity index (χ2n) is 9.20. The van der Waals surface area contributed by atoms with Gasteiger partial charge in [-0.25, -0.2) is 13.9 Å². The number of nitrogens with one attached hydrogen (secondary N) is 2. The Bertz CT molecular complexity index is 1480. The molecule has 0 spiro atoms. The fourth-order valence-corrected chi connectivity index (χ4v) is 4.99. The van der Waals surface area contributed by atoms with Gasteiger partial charge in [-0.15, -0.1) is 5.10 Å². The van der Waals surface area contributed by atoms with Crippen molar-refractivity contribution in [3.05, 3.63) is 77.4 Å². The molecule has 4 heterocycles. The number of nitrogens with zero attached hydrogens (tertiary/aromatic N) is 5. The summed E-state index contributed by atoms with van der Waals surface area (Å²) in [6.45, 7) is -0.155. The second kappa shape index (κ2) is 8.71. The highest BCUT2D eigenvalue weighted by atomic mass is 19.4. The molecule has 1 aliphatic heterocycles. The van der Waals surface area contributed by atoms with Crippen LogP contribution in [0.2, 0.25) is 0 Å². The number of anilines is 3. The summed E-state index contributed by atoms with van der Waals surface area (Å²) in [5.41, 5.74) is 0.111. The summed E-state index contributed by atoms with van der Waals surface area (Å²) in [5.74, 6) is 0.191. The van der Waals surface area contributed by atoms with Crippen LogP contribution < -0.4 is 15.5 Å². The summed E-state index contributed by atoms with van der Waals surface area (Å²) in [4.78, 5) is 22.8. The highest BCUT2D eigenvalue weighted by molar-refractivity contribution is 6.10. The van der Waals surface area contributed by atoms with Crippen LogP contribution in [0.1, 0.15) is 40.7 Å². The Kier molecular flexibility index (Phi) is 5.46. The Morgan fingerprint density at radius 3 is 2.59 bits per heavy atom. The van der Waals surface area contributed by atoms with Crippen molar-refractivity contribution < 1.29 is 22.4 Å². The van der Waals surface area contributed by atoms with Crippen molar-refractivity contribution >= 4 is 29.0 Å². The lowest BCUT2D eigenvalue weighted by Gasteiger charge is -2.18. The number of carbonyl (C=O) groups excluding carboxylic acids is 1. The standard InChI is InChI=1S/C25H21F4N7O/c26-14-8-9-36-22(10-14)33-24(34-36)32-16-5-4-15(11-16)31-21-7-6-17(12-30-21)35-13-19-18(23(35)37)2-1-3-20(19)25(27,28)29/h1-3,6-10,12,15-16H,4-5,11,13H2,(H,30,31)(H,32,34)/t15-,16-/m0/s1. The molecule has 4 aromatic rings. The molecule has 6 rings (SSSR count). The van der Waals surface area contributed by atoms with Crippen LogP contribution in [0.15, 0.2) is 54.9 Å². The molecule has 1 aromatic carbocycles. The molecule has 0 unspecified atom stereocenters. The quantitative estimate of drug-likeness (QED) is 0.371. The number of halogens is 4. The number of amides is 1. The zero-order valence-corrected chi connectivity index (χ0v) is 19.3. The van der Waals surface area contributed by atoms with Crippen LogP contribution in [-0.2, 0) is 12.7 Å². The molecule has 2 atom stereocenters. The zero-order valence-electron chi connectivity index (χ0n) is 19.3. The van der Waals surface area contributed by atoms with E-state index in [4.69, 9.17) is 0 Å².